The van der Waals surface area contributed by atoms with Gasteiger partial charge in [-0.05, 0) is 75.8 Å². The van der Waals surface area contributed by atoms with Gasteiger partial charge >= 0.3 is 5.97 Å². The van der Waals surface area contributed by atoms with Gasteiger partial charge in [0.15, 0.2) is 0 Å². The van der Waals surface area contributed by atoms with E-state index < -0.39 is 84.5 Å². The normalized spacial score (nSPS) is 12.9. The Morgan fingerprint density at radius 2 is 0.813 bits per heavy atom. The van der Waals surface area contributed by atoms with Crippen LogP contribution < -0.4 is 36.5 Å². The maximum Gasteiger partial charge on any atom is 0.325 e. The van der Waals surface area contributed by atoms with E-state index in [9.17, 15) is 19.2 Å². The highest BCUT2D eigenvalue weighted by molar-refractivity contribution is 5.96. The highest BCUT2D eigenvalue weighted by Gasteiger charge is 2.36. The number of benzene rings is 4. The van der Waals surface area contributed by atoms with Crippen molar-refractivity contribution in [2.24, 2.45) is 5.73 Å². The van der Waals surface area contributed by atoms with Crippen LogP contribution in [0.5, 0.6) is 11.5 Å². The molecule has 0 aliphatic carbocycles. The lowest BCUT2D eigenvalue weighted by atomic mass is 10.0. The second-order valence-corrected chi connectivity index (χ2v) is 31.2. The van der Waals surface area contributed by atoms with Crippen molar-refractivity contribution in [2.45, 2.75) is 360 Å². The summed E-state index contributed by atoms with van der Waals surface area (Å²) in [6.45, 7) is 11.7. The minimum atomic E-state index is -1.36. The van der Waals surface area contributed by atoms with Crippen LogP contribution in [-0.2, 0) is 64.0 Å². The Morgan fingerprint density at radius 3 is 1.21 bits per heavy atom. The number of hydrogen-bond donors (Lipinski definition) is 5. The van der Waals surface area contributed by atoms with Gasteiger partial charge in [-0.3, -0.25) is 28.8 Å². The molecule has 0 saturated carbocycles. The maximum atomic E-state index is 15.5. The molecule has 16 nitrogen and oxygen atoms in total. The van der Waals surface area contributed by atoms with Gasteiger partial charge in [0.25, 0.3) is 0 Å². The van der Waals surface area contributed by atoms with Gasteiger partial charge in [0.2, 0.25) is 29.5 Å². The Balaban J connectivity index is 1.46. The van der Waals surface area contributed by atoms with Gasteiger partial charge in [0.1, 0.15) is 36.2 Å². The van der Waals surface area contributed by atoms with Gasteiger partial charge in [0, 0.05) is 24.5 Å². The lowest BCUT2D eigenvalue weighted by molar-refractivity contribution is -0.148. The first-order valence-electron chi connectivity index (χ1n) is 42.5. The number of methoxy groups -OCH3 is 1. The summed E-state index contributed by atoms with van der Waals surface area (Å²) in [4.78, 5) is 87.3. The summed E-state index contributed by atoms with van der Waals surface area (Å²) in [5.41, 5.74) is 8.42. The van der Waals surface area contributed by atoms with Crippen molar-refractivity contribution in [3.63, 3.8) is 0 Å². The summed E-state index contributed by atoms with van der Waals surface area (Å²) >= 11 is 0. The smallest absolute Gasteiger partial charge is 0.325 e. The first-order valence-corrected chi connectivity index (χ1v) is 42.5. The minimum Gasteiger partial charge on any atom is -0.493 e. The van der Waals surface area contributed by atoms with E-state index in [1.165, 1.54) is 237 Å². The predicted octanol–water partition coefficient (Wildman–Crippen LogP) is 19.4. The fraction of sp³-hybridized carbons (Fsp3) is 0.670. The van der Waals surface area contributed by atoms with Gasteiger partial charge in [-0.25, -0.2) is 0 Å². The third-order valence-electron chi connectivity index (χ3n) is 20.3. The van der Waals surface area contributed by atoms with E-state index in [4.69, 9.17) is 24.7 Å². The molecule has 0 bridgehead atoms. The third-order valence-corrected chi connectivity index (χ3v) is 20.3. The van der Waals surface area contributed by atoms with Gasteiger partial charge in [-0.1, -0.05) is 349 Å². The molecule has 5 atom stereocenters. The monoisotopic (exact) mass is 1480 g/mol. The lowest BCUT2D eigenvalue weighted by Crippen LogP contribution is -2.61. The summed E-state index contributed by atoms with van der Waals surface area (Å²) in [5.74, 6) is -2.70. The lowest BCUT2D eigenvalue weighted by Gasteiger charge is -2.32. The average Bonchev–Trinajstić information content (AvgIpc) is 0.836. The molecule has 0 saturated heterocycles. The van der Waals surface area contributed by atoms with Crippen molar-refractivity contribution in [1.29, 1.82) is 0 Å². The second-order valence-electron chi connectivity index (χ2n) is 31.2. The van der Waals surface area contributed by atoms with Crippen molar-refractivity contribution in [3.05, 3.63) is 131 Å². The van der Waals surface area contributed by atoms with E-state index in [0.717, 1.165) is 43.2 Å². The summed E-state index contributed by atoms with van der Waals surface area (Å²) < 4.78 is 24.6. The maximum absolute atomic E-state index is 15.5. The van der Waals surface area contributed by atoms with Crippen molar-refractivity contribution in [3.8, 4) is 11.5 Å². The Morgan fingerprint density at radius 1 is 0.439 bits per heavy atom. The van der Waals surface area contributed by atoms with Crippen LogP contribution in [0.1, 0.15) is 321 Å². The van der Waals surface area contributed by atoms with Crippen molar-refractivity contribution in [1.82, 2.24) is 26.2 Å². The number of carbonyl (C=O) groups is 6. The Hall–Kier alpha value is -6.78. The zero-order chi connectivity index (χ0) is 77.2. The van der Waals surface area contributed by atoms with Crippen molar-refractivity contribution >= 4 is 35.5 Å². The molecule has 16 heteroatoms. The first kappa shape index (κ1) is 92.6. The number of unbranched alkanes of at least 4 members (excludes halogenated alkanes) is 38. The number of ether oxygens (including phenoxy) is 4. The summed E-state index contributed by atoms with van der Waals surface area (Å²) in [7, 11) is 1.27. The Labute approximate surface area is 648 Å². The molecule has 107 heavy (non-hydrogen) atoms. The van der Waals surface area contributed by atoms with Gasteiger partial charge in [-0.15, -0.1) is 0 Å². The van der Waals surface area contributed by atoms with Gasteiger partial charge < -0.3 is 50.8 Å². The topological polar surface area (TPSA) is 217 Å². The number of nitrogens with one attached hydrogen (secondary N) is 4. The second kappa shape index (κ2) is 59.1. The summed E-state index contributed by atoms with van der Waals surface area (Å²) in [6.07, 6.45) is 51.6. The van der Waals surface area contributed by atoms with Crippen LogP contribution in [-0.4, -0.2) is 110 Å². The molecule has 0 unspecified atom stereocenters. The summed E-state index contributed by atoms with van der Waals surface area (Å²) in [5, 5.41) is 11.3. The molecule has 600 valence electrons. The number of nitrogens with two attached hydrogens (primary N) is 1. The molecular weight excluding hydrogens is 1340 g/mol. The van der Waals surface area contributed by atoms with Crippen LogP contribution in [0.3, 0.4) is 0 Å². The molecule has 0 aliphatic heterocycles. The fourth-order valence-corrected chi connectivity index (χ4v) is 14.0. The fourth-order valence-electron chi connectivity index (χ4n) is 14.0. The number of amides is 5. The van der Waals surface area contributed by atoms with Crippen LogP contribution >= 0.6 is 0 Å². The molecule has 4 aromatic carbocycles. The predicted molar refractivity (Wildman–Crippen MR) is 438 cm³/mol. The van der Waals surface area contributed by atoms with Crippen molar-refractivity contribution in [2.75, 3.05) is 33.4 Å². The van der Waals surface area contributed by atoms with E-state index in [1.54, 1.807) is 6.92 Å². The van der Waals surface area contributed by atoms with Gasteiger partial charge in [0.05, 0.1) is 51.2 Å². The molecule has 0 aromatic heterocycles. The minimum absolute atomic E-state index is 0.00465. The number of hydrogen-bond acceptors (Lipinski definition) is 11. The van der Waals surface area contributed by atoms with E-state index in [2.05, 4.69) is 35.1 Å². The molecule has 0 aliphatic rings. The van der Waals surface area contributed by atoms with Crippen LogP contribution in [0.25, 0.3) is 0 Å². The Kier molecular flexibility index (Phi) is 51.2. The highest BCUT2D eigenvalue weighted by atomic mass is 16.5. The van der Waals surface area contributed by atoms with Crippen LogP contribution in [0.2, 0.25) is 0 Å². The Bertz CT molecular complexity index is 2950. The van der Waals surface area contributed by atoms with E-state index in [-0.39, 0.29) is 25.8 Å². The zero-order valence-electron chi connectivity index (χ0n) is 67.8. The molecular formula is C91H146N6O10. The highest BCUT2D eigenvalue weighted by Crippen LogP contribution is 2.29. The standard InChI is InChI=1S/C91H146N6O10/c1-8-10-12-14-16-18-20-22-24-26-28-30-32-34-36-38-40-42-44-55-65-105-79-64-63-78(83(70-79)106-66-56-45-43-41-39-37-35-33-31-29-27-25-23-21-19-17-15-13-11-9-2)72-97(73-85(99)104-7)90(103)82(69-77-61-53-48-54-62-77)95-88(101)81(68-76-59-51-47-52-60-76)94-89(102)86(74(3)107-91(4,5)6)96-84(98)71-93-87(100)80(92)67-75-57-49-46-50-58-75/h46-54,57-64,70,74,80-82,86H,8-45,55-56,65-69,71-73,92H2,1-7H3,(H,93,100)(H,94,102)(H,95,101)(H,96,98)/t74-,80+,81+,82+,86+/m1/s1. The van der Waals surface area contributed by atoms with Crippen LogP contribution in [0.15, 0.2) is 109 Å². The van der Waals surface area contributed by atoms with Crippen LogP contribution in [0, 0.1) is 0 Å². The molecule has 4 rings (SSSR count). The average molecular weight is 1480 g/mol. The molecule has 6 N–H and O–H groups in total. The summed E-state index contributed by atoms with van der Waals surface area (Å²) in [6, 6.07) is 28.5. The zero-order valence-corrected chi connectivity index (χ0v) is 67.8. The van der Waals surface area contributed by atoms with Crippen LogP contribution in [0.4, 0.5) is 0 Å². The SMILES string of the molecule is CCCCCCCCCCCCCCCCCCCCCCOc1ccc(CN(CC(=O)OC)C(=O)[C@H](Cc2ccccc2)NC(=O)[C@H](Cc2ccccc2)NC(=O)[C@@H](NC(=O)CNC(=O)[C@@H](N)Cc2ccccc2)[C@@H](C)OC(C)(C)C)c(OCCCCCCCCCCCCCCCCCCCCCC)c1. The first-order chi connectivity index (χ1) is 52.0. The molecule has 0 heterocycles. The number of esters is 1. The van der Waals surface area contributed by atoms with E-state index >= 15 is 9.59 Å². The van der Waals surface area contributed by atoms with Crippen molar-refractivity contribution < 1.29 is 47.7 Å². The molecule has 0 radical (unpaired) electrons. The van der Waals surface area contributed by atoms with Gasteiger partial charge in [-0.2, -0.15) is 0 Å². The number of rotatable bonds is 65. The van der Waals surface area contributed by atoms with E-state index in [0.29, 0.717) is 35.8 Å². The molecule has 0 spiro atoms. The molecule has 4 aromatic rings. The third kappa shape index (κ3) is 45.1. The number of nitrogens with zero attached hydrogens (tertiary/aromatic N) is 1. The molecule has 0 fully saturated rings. The molecule has 5 amide bonds. The van der Waals surface area contributed by atoms with E-state index in [1.807, 2.05) is 130 Å². The quantitative estimate of drug-likeness (QED) is 0.0207. The largest absolute Gasteiger partial charge is 0.493 e. The number of carbonyl (C=O) groups excluding carboxylic acids is 6.